The van der Waals surface area contributed by atoms with Crippen molar-refractivity contribution in [3.05, 3.63) is 52.2 Å². The summed E-state index contributed by atoms with van der Waals surface area (Å²) >= 11 is 0. The van der Waals surface area contributed by atoms with Crippen LogP contribution in [-0.2, 0) is 14.3 Å². The van der Waals surface area contributed by atoms with E-state index in [1.54, 1.807) is 26.0 Å². The van der Waals surface area contributed by atoms with Gasteiger partial charge in [-0.2, -0.15) is 0 Å². The van der Waals surface area contributed by atoms with Crippen LogP contribution in [0.4, 0.5) is 16.0 Å². The number of rotatable bonds is 5. The Morgan fingerprint density at radius 1 is 1.28 bits per heavy atom. The van der Waals surface area contributed by atoms with Gasteiger partial charge in [0.15, 0.2) is 0 Å². The van der Waals surface area contributed by atoms with Crippen molar-refractivity contribution in [1.82, 2.24) is 9.97 Å². The number of anilines is 2. The van der Waals surface area contributed by atoms with Gasteiger partial charge in [0.2, 0.25) is 5.95 Å². The molecule has 0 bridgehead atoms. The molecule has 0 saturated carbocycles. The zero-order valence-electron chi connectivity index (χ0n) is 14.3. The summed E-state index contributed by atoms with van der Waals surface area (Å²) in [7, 11) is 0. The smallest absolute Gasteiger partial charge is 0.313 e. The maximum atomic E-state index is 12.7. The summed E-state index contributed by atoms with van der Waals surface area (Å²) in [5.41, 5.74) is 1.06. The fraction of sp³-hybridized carbons (Fsp3) is 0.294. The number of benzene rings is 1. The van der Waals surface area contributed by atoms with Gasteiger partial charge in [-0.15, -0.1) is 0 Å². The number of nitrogens with zero attached hydrogens (tertiary/aromatic N) is 1. The molecule has 0 saturated heterocycles. The molecule has 1 aromatic heterocycles. The number of hydrogen-bond donors (Lipinski definition) is 2. The topological polar surface area (TPSA) is 101 Å². The fourth-order valence-corrected chi connectivity index (χ4v) is 1.72. The molecule has 0 atom stereocenters. The number of ketones is 1. The number of esters is 1. The van der Waals surface area contributed by atoms with Crippen LogP contribution in [0.1, 0.15) is 26.0 Å². The molecule has 0 fully saturated rings. The van der Waals surface area contributed by atoms with Crippen molar-refractivity contribution in [1.29, 1.82) is 0 Å². The van der Waals surface area contributed by atoms with E-state index in [1.165, 1.54) is 25.1 Å². The fourth-order valence-electron chi connectivity index (χ4n) is 1.72. The monoisotopic (exact) mass is 349 g/mol. The van der Waals surface area contributed by atoms with Gasteiger partial charge in [0, 0.05) is 17.4 Å². The average Bonchev–Trinajstić information content (AvgIpc) is 2.49. The van der Waals surface area contributed by atoms with Gasteiger partial charge in [-0.25, -0.2) is 9.37 Å². The van der Waals surface area contributed by atoms with Crippen LogP contribution >= 0.6 is 0 Å². The summed E-state index contributed by atoms with van der Waals surface area (Å²) in [6.07, 6.45) is -0.103. The van der Waals surface area contributed by atoms with Gasteiger partial charge in [0.25, 0.3) is 5.56 Å². The first-order valence-electron chi connectivity index (χ1n) is 7.55. The second-order valence-electron chi connectivity index (χ2n) is 5.05. The molecule has 1 aromatic carbocycles. The molecule has 0 amide bonds. The van der Waals surface area contributed by atoms with Crippen LogP contribution in [0.5, 0.6) is 0 Å². The summed E-state index contributed by atoms with van der Waals surface area (Å²) in [4.78, 5) is 38.4. The molecule has 2 rings (SSSR count). The van der Waals surface area contributed by atoms with Crippen LogP contribution in [0.3, 0.4) is 0 Å². The van der Waals surface area contributed by atoms with Crippen LogP contribution in [0, 0.1) is 12.7 Å². The molecule has 0 unspecified atom stereocenters. The number of aromatic amines is 1. The highest BCUT2D eigenvalue weighted by Crippen LogP contribution is 2.12. The number of hydrogen-bond acceptors (Lipinski definition) is 6. The number of carbonyl (C=O) groups is 2. The molecule has 8 heteroatoms. The molecule has 0 spiro atoms. The lowest BCUT2D eigenvalue weighted by molar-refractivity contribution is -0.145. The minimum Gasteiger partial charge on any atom is -0.466 e. The number of nitrogens with one attached hydrogen (secondary N) is 2. The highest BCUT2D eigenvalue weighted by molar-refractivity contribution is 5.94. The van der Waals surface area contributed by atoms with Gasteiger partial charge >= 0.3 is 5.97 Å². The van der Waals surface area contributed by atoms with E-state index in [0.717, 1.165) is 0 Å². The molecular weight excluding hydrogens is 329 g/mol. The van der Waals surface area contributed by atoms with Crippen molar-refractivity contribution in [2.75, 3.05) is 11.9 Å². The highest BCUT2D eigenvalue weighted by Gasteiger charge is 2.03. The third-order valence-electron chi connectivity index (χ3n) is 2.68. The van der Waals surface area contributed by atoms with Gasteiger partial charge in [-0.05, 0) is 45.0 Å². The van der Waals surface area contributed by atoms with Crippen molar-refractivity contribution in [2.45, 2.75) is 27.2 Å². The zero-order chi connectivity index (χ0) is 18.8. The first kappa shape index (κ1) is 20.0. The lowest BCUT2D eigenvalue weighted by Crippen LogP contribution is -2.10. The van der Waals surface area contributed by atoms with Gasteiger partial charge in [0.1, 0.15) is 18.0 Å². The Morgan fingerprint density at radius 3 is 2.44 bits per heavy atom. The Bertz CT molecular complexity index is 772. The lowest BCUT2D eigenvalue weighted by atomic mass is 10.3. The lowest BCUT2D eigenvalue weighted by Gasteiger charge is -2.05. The number of aryl methyl sites for hydroxylation is 1. The molecule has 0 aliphatic heterocycles. The molecule has 1 heterocycles. The van der Waals surface area contributed by atoms with Gasteiger partial charge in [-0.1, -0.05) is 0 Å². The Hall–Kier alpha value is -3.03. The zero-order valence-corrected chi connectivity index (χ0v) is 14.3. The third kappa shape index (κ3) is 8.40. The maximum Gasteiger partial charge on any atom is 0.313 e. The number of Topliss-reactive ketones (excluding diaryl/α,β-unsaturated/α-hetero) is 1. The summed E-state index contributed by atoms with van der Waals surface area (Å²) in [6, 6.07) is 7.19. The third-order valence-corrected chi connectivity index (χ3v) is 2.68. The van der Waals surface area contributed by atoms with E-state index in [9.17, 15) is 18.8 Å². The van der Waals surface area contributed by atoms with Crippen molar-refractivity contribution in [3.8, 4) is 0 Å². The van der Waals surface area contributed by atoms with Crippen molar-refractivity contribution in [2.24, 2.45) is 0 Å². The second-order valence-corrected chi connectivity index (χ2v) is 5.05. The van der Waals surface area contributed by atoms with E-state index >= 15 is 0 Å². The Labute approximate surface area is 144 Å². The SMILES string of the molecule is CCOC(=O)CC(C)=O.Cc1cc(=O)[nH]c(Nc2ccc(F)cc2)n1. The molecule has 134 valence electrons. The van der Waals surface area contributed by atoms with Crippen LogP contribution < -0.4 is 10.9 Å². The Balaban J connectivity index is 0.000000299. The van der Waals surface area contributed by atoms with Crippen molar-refractivity contribution < 1.29 is 18.7 Å². The van der Waals surface area contributed by atoms with E-state index in [0.29, 0.717) is 23.9 Å². The molecule has 0 aliphatic rings. The standard InChI is InChI=1S/C11H10FN3O.C6H10O3/c1-7-6-10(16)15-11(13-7)14-9-4-2-8(12)3-5-9;1-3-9-6(8)4-5(2)7/h2-6H,1H3,(H2,13,14,15,16);3-4H2,1-2H3. The number of aromatic nitrogens is 2. The number of ether oxygens (including phenoxy) is 1. The summed E-state index contributed by atoms with van der Waals surface area (Å²) in [5, 5.41) is 2.88. The normalized spacial score (nSPS) is 9.60. The van der Waals surface area contributed by atoms with Gasteiger partial charge < -0.3 is 10.1 Å². The van der Waals surface area contributed by atoms with E-state index in [1.807, 2.05) is 0 Å². The number of halogens is 1. The minimum atomic E-state index is -0.440. The molecule has 2 N–H and O–H groups in total. The summed E-state index contributed by atoms with van der Waals surface area (Å²) < 4.78 is 17.1. The molecule has 25 heavy (non-hydrogen) atoms. The first-order valence-corrected chi connectivity index (χ1v) is 7.55. The predicted molar refractivity (Wildman–Crippen MR) is 91.2 cm³/mol. The van der Waals surface area contributed by atoms with Crippen LogP contribution in [0.15, 0.2) is 35.1 Å². The summed E-state index contributed by atoms with van der Waals surface area (Å²) in [5.74, 6) is -0.564. The average molecular weight is 349 g/mol. The minimum absolute atomic E-state index is 0.103. The molecule has 7 nitrogen and oxygen atoms in total. The number of carbonyl (C=O) groups excluding carboxylic acids is 2. The molecule has 2 aromatic rings. The van der Waals surface area contributed by atoms with E-state index in [2.05, 4.69) is 20.0 Å². The van der Waals surface area contributed by atoms with E-state index < -0.39 is 5.97 Å². The van der Waals surface area contributed by atoms with E-state index in [4.69, 9.17) is 0 Å². The number of H-pyrrole nitrogens is 1. The Kier molecular flexibility index (Phi) is 7.98. The molecule has 0 aliphatic carbocycles. The van der Waals surface area contributed by atoms with Gasteiger partial charge in [-0.3, -0.25) is 19.4 Å². The Morgan fingerprint density at radius 2 is 1.92 bits per heavy atom. The molecule has 0 radical (unpaired) electrons. The highest BCUT2D eigenvalue weighted by atomic mass is 19.1. The van der Waals surface area contributed by atoms with Crippen molar-refractivity contribution in [3.63, 3.8) is 0 Å². The predicted octanol–water partition coefficient (Wildman–Crippen LogP) is 2.49. The quantitative estimate of drug-likeness (QED) is 0.635. The van der Waals surface area contributed by atoms with Crippen LogP contribution in [0.25, 0.3) is 0 Å². The maximum absolute atomic E-state index is 12.7. The summed E-state index contributed by atoms with van der Waals surface area (Å²) in [6.45, 7) is 5.13. The van der Waals surface area contributed by atoms with Crippen molar-refractivity contribution >= 4 is 23.4 Å². The first-order chi connectivity index (χ1) is 11.8. The van der Waals surface area contributed by atoms with Crippen LogP contribution in [0.2, 0.25) is 0 Å². The van der Waals surface area contributed by atoms with Crippen LogP contribution in [-0.4, -0.2) is 28.3 Å². The molecular formula is C17H20FN3O4. The van der Waals surface area contributed by atoms with Gasteiger partial charge in [0.05, 0.1) is 6.61 Å². The largest absolute Gasteiger partial charge is 0.466 e. The second kappa shape index (κ2) is 9.96. The van der Waals surface area contributed by atoms with E-state index in [-0.39, 0.29) is 23.6 Å².